The second-order valence-corrected chi connectivity index (χ2v) is 7.44. The number of hydrogen-bond donors (Lipinski definition) is 2. The Labute approximate surface area is 180 Å². The van der Waals surface area contributed by atoms with Crippen LogP contribution >= 0.6 is 11.6 Å². The van der Waals surface area contributed by atoms with Crippen molar-refractivity contribution in [2.24, 2.45) is 0 Å². The molecular weight excluding hydrogens is 431 g/mol. The second-order valence-electron chi connectivity index (χ2n) is 7.01. The summed E-state index contributed by atoms with van der Waals surface area (Å²) < 4.78 is 39.8. The van der Waals surface area contributed by atoms with E-state index in [1.807, 2.05) is 24.3 Å². The van der Waals surface area contributed by atoms with Crippen molar-refractivity contribution in [2.45, 2.75) is 25.9 Å². The van der Waals surface area contributed by atoms with Crippen LogP contribution in [0.1, 0.15) is 24.4 Å². The summed E-state index contributed by atoms with van der Waals surface area (Å²) >= 11 is 6.02. The Morgan fingerprint density at radius 2 is 1.81 bits per heavy atom. The van der Waals surface area contributed by atoms with Crippen molar-refractivity contribution >= 4 is 39.8 Å². The number of halogens is 4. The molecule has 0 spiro atoms. The van der Waals surface area contributed by atoms with Crippen LogP contribution in [-0.2, 0) is 6.18 Å². The number of nitrogens with one attached hydrogen (secondary N) is 2. The molecule has 0 amide bonds. The van der Waals surface area contributed by atoms with Crippen LogP contribution in [0.3, 0.4) is 0 Å². The van der Waals surface area contributed by atoms with Gasteiger partial charge in [0, 0.05) is 47.1 Å². The van der Waals surface area contributed by atoms with Crippen LogP contribution in [0.25, 0.3) is 16.7 Å². The molecule has 31 heavy (non-hydrogen) atoms. The number of aromatic nitrogens is 5. The predicted octanol–water partition coefficient (Wildman–Crippen LogP) is 4.96. The standard InChI is InChI=1S/C20H19ClF3N7/c1-12-10-17(31-19(28-12)29-18(30-31)20(22,23)24)27-8-3-2-7-25-15-6-9-26-16-11-13(21)4-5-14(15)16/h4-6,9-11,27H,2-3,7-8H2,1H3,(H,25,26). The Morgan fingerprint density at radius 1 is 1.03 bits per heavy atom. The average Bonchev–Trinajstić information content (AvgIpc) is 3.15. The van der Waals surface area contributed by atoms with Crippen molar-refractivity contribution < 1.29 is 13.2 Å². The molecule has 0 fully saturated rings. The normalized spacial score (nSPS) is 11.9. The van der Waals surface area contributed by atoms with Gasteiger partial charge in [0.15, 0.2) is 0 Å². The molecule has 0 unspecified atom stereocenters. The summed E-state index contributed by atoms with van der Waals surface area (Å²) in [6.45, 7) is 2.99. The van der Waals surface area contributed by atoms with Crippen LogP contribution in [0.5, 0.6) is 0 Å². The molecule has 0 saturated carbocycles. The Hall–Kier alpha value is -3.14. The lowest BCUT2D eigenvalue weighted by Gasteiger charge is -2.11. The monoisotopic (exact) mass is 449 g/mol. The Morgan fingerprint density at radius 3 is 2.58 bits per heavy atom. The van der Waals surface area contributed by atoms with Gasteiger partial charge in [0.25, 0.3) is 11.6 Å². The molecule has 0 radical (unpaired) electrons. The molecule has 7 nitrogen and oxygen atoms in total. The lowest BCUT2D eigenvalue weighted by molar-refractivity contribution is -0.144. The van der Waals surface area contributed by atoms with Crippen molar-refractivity contribution in [2.75, 3.05) is 23.7 Å². The zero-order valence-corrected chi connectivity index (χ0v) is 17.3. The average molecular weight is 450 g/mol. The molecule has 2 N–H and O–H groups in total. The fourth-order valence-electron chi connectivity index (χ4n) is 3.20. The molecule has 0 saturated heterocycles. The molecule has 3 aromatic heterocycles. The van der Waals surface area contributed by atoms with Gasteiger partial charge in [-0.1, -0.05) is 11.6 Å². The molecule has 162 valence electrons. The van der Waals surface area contributed by atoms with Gasteiger partial charge in [0.2, 0.25) is 0 Å². The highest BCUT2D eigenvalue weighted by atomic mass is 35.5. The third-order valence-corrected chi connectivity index (χ3v) is 4.86. The van der Waals surface area contributed by atoms with Crippen LogP contribution in [0.4, 0.5) is 24.7 Å². The third-order valence-electron chi connectivity index (χ3n) is 4.62. The lowest BCUT2D eigenvalue weighted by Crippen LogP contribution is -2.11. The van der Waals surface area contributed by atoms with Crippen LogP contribution < -0.4 is 10.6 Å². The van der Waals surface area contributed by atoms with E-state index in [1.54, 1.807) is 19.2 Å². The number of rotatable bonds is 7. The van der Waals surface area contributed by atoms with E-state index in [2.05, 4.69) is 30.7 Å². The summed E-state index contributed by atoms with van der Waals surface area (Å²) in [5, 5.41) is 11.7. The summed E-state index contributed by atoms with van der Waals surface area (Å²) in [4.78, 5) is 11.8. The lowest BCUT2D eigenvalue weighted by atomic mass is 10.2. The molecule has 0 aliphatic heterocycles. The number of pyridine rings is 1. The number of hydrogen-bond acceptors (Lipinski definition) is 6. The van der Waals surface area contributed by atoms with Crippen LogP contribution in [0.15, 0.2) is 36.5 Å². The Kier molecular flexibility index (Phi) is 5.81. The molecule has 4 rings (SSSR count). The van der Waals surface area contributed by atoms with E-state index < -0.39 is 12.0 Å². The minimum Gasteiger partial charge on any atom is -0.384 e. The fraction of sp³-hybridized carbons (Fsp3) is 0.300. The smallest absolute Gasteiger partial charge is 0.384 e. The van der Waals surface area contributed by atoms with Gasteiger partial charge in [-0.2, -0.15) is 22.7 Å². The minimum absolute atomic E-state index is 0.0823. The summed E-state index contributed by atoms with van der Waals surface area (Å²) in [6.07, 6.45) is -1.24. The minimum atomic E-state index is -4.62. The molecule has 0 aliphatic carbocycles. The molecule has 0 atom stereocenters. The van der Waals surface area contributed by atoms with E-state index in [4.69, 9.17) is 11.6 Å². The first-order valence-electron chi connectivity index (χ1n) is 9.65. The van der Waals surface area contributed by atoms with Crippen LogP contribution in [0.2, 0.25) is 5.02 Å². The largest absolute Gasteiger partial charge is 0.453 e. The van der Waals surface area contributed by atoms with Crippen LogP contribution in [-0.4, -0.2) is 37.7 Å². The van der Waals surface area contributed by atoms with Gasteiger partial charge in [-0.3, -0.25) is 4.98 Å². The SMILES string of the molecule is Cc1cc(NCCCCNc2ccnc3cc(Cl)ccc23)n2nc(C(F)(F)F)nc2n1. The summed E-state index contributed by atoms with van der Waals surface area (Å²) in [5.74, 6) is -0.861. The molecule has 0 bridgehead atoms. The maximum Gasteiger partial charge on any atom is 0.453 e. The van der Waals surface area contributed by atoms with Crippen molar-refractivity contribution in [3.63, 3.8) is 0 Å². The van der Waals surface area contributed by atoms with Gasteiger partial charge in [-0.15, -0.1) is 5.10 Å². The maximum absolute atomic E-state index is 12.9. The van der Waals surface area contributed by atoms with Crippen molar-refractivity contribution in [3.8, 4) is 0 Å². The number of fused-ring (bicyclic) bond motifs is 2. The highest BCUT2D eigenvalue weighted by Gasteiger charge is 2.36. The first-order chi connectivity index (χ1) is 14.8. The van der Waals surface area contributed by atoms with E-state index in [9.17, 15) is 13.2 Å². The molecule has 11 heteroatoms. The molecule has 4 aromatic rings. The highest BCUT2D eigenvalue weighted by molar-refractivity contribution is 6.31. The zero-order chi connectivity index (χ0) is 22.0. The van der Waals surface area contributed by atoms with Gasteiger partial charge in [0.05, 0.1) is 5.52 Å². The quantitative estimate of drug-likeness (QED) is 0.388. The maximum atomic E-state index is 12.9. The van der Waals surface area contributed by atoms with Crippen molar-refractivity contribution in [1.82, 2.24) is 24.6 Å². The summed E-state index contributed by atoms with van der Waals surface area (Å²) in [5.41, 5.74) is 2.35. The molecule has 1 aromatic carbocycles. The Bertz CT molecular complexity index is 1220. The highest BCUT2D eigenvalue weighted by Crippen LogP contribution is 2.27. The van der Waals surface area contributed by atoms with E-state index in [1.165, 1.54) is 0 Å². The fourth-order valence-corrected chi connectivity index (χ4v) is 3.36. The van der Waals surface area contributed by atoms with Crippen LogP contribution in [0, 0.1) is 6.92 Å². The summed E-state index contributed by atoms with van der Waals surface area (Å²) in [6, 6.07) is 9.13. The van der Waals surface area contributed by atoms with E-state index in [0.717, 1.165) is 40.5 Å². The van der Waals surface area contributed by atoms with Gasteiger partial charge in [-0.05, 0) is 44.0 Å². The molecule has 0 aliphatic rings. The van der Waals surface area contributed by atoms with Gasteiger partial charge < -0.3 is 10.6 Å². The number of aryl methyl sites for hydroxylation is 1. The topological polar surface area (TPSA) is 80.0 Å². The van der Waals surface area contributed by atoms with Gasteiger partial charge in [-0.25, -0.2) is 4.98 Å². The zero-order valence-electron chi connectivity index (χ0n) is 16.5. The number of nitrogens with zero attached hydrogens (tertiary/aromatic N) is 5. The third kappa shape index (κ3) is 4.79. The first kappa shape index (κ1) is 21.1. The van der Waals surface area contributed by atoms with Crippen molar-refractivity contribution in [3.05, 3.63) is 53.1 Å². The van der Waals surface area contributed by atoms with E-state index in [0.29, 0.717) is 23.1 Å². The first-order valence-corrected chi connectivity index (χ1v) is 10.0. The van der Waals surface area contributed by atoms with Gasteiger partial charge >= 0.3 is 6.18 Å². The number of unbranched alkanes of at least 4 members (excludes halogenated alkanes) is 1. The van der Waals surface area contributed by atoms with Gasteiger partial charge in [0.1, 0.15) is 5.82 Å². The number of anilines is 2. The van der Waals surface area contributed by atoms with E-state index >= 15 is 0 Å². The second kappa shape index (κ2) is 8.54. The number of benzene rings is 1. The molecule has 3 heterocycles. The Balaban J connectivity index is 1.33. The number of alkyl halides is 3. The van der Waals surface area contributed by atoms with Crippen molar-refractivity contribution in [1.29, 1.82) is 0 Å². The molecular formula is C20H19ClF3N7. The predicted molar refractivity (Wildman–Crippen MR) is 113 cm³/mol. The summed E-state index contributed by atoms with van der Waals surface area (Å²) in [7, 11) is 0. The van der Waals surface area contributed by atoms with E-state index in [-0.39, 0.29) is 5.78 Å².